The van der Waals surface area contributed by atoms with Crippen LogP contribution in [0.2, 0.25) is 0 Å². The number of anilines is 1. The number of nitrogens with one attached hydrogen (secondary N) is 2. The number of hydrogen-bond acceptors (Lipinski definition) is 4. The van der Waals surface area contributed by atoms with Gasteiger partial charge in [0, 0.05) is 10.9 Å². The van der Waals surface area contributed by atoms with Gasteiger partial charge in [0.15, 0.2) is 0 Å². The number of carbonyl (C=O) groups is 1. The van der Waals surface area contributed by atoms with E-state index in [4.69, 9.17) is 4.42 Å². The summed E-state index contributed by atoms with van der Waals surface area (Å²) in [6.45, 7) is 6.39. The third-order valence-corrected chi connectivity index (χ3v) is 3.69. The minimum atomic E-state index is -0.161. The second-order valence-electron chi connectivity index (χ2n) is 5.68. The number of carbonyl (C=O) groups excluding carboxylic acids is 1. The lowest BCUT2D eigenvalue weighted by atomic mass is 9.95. The van der Waals surface area contributed by atoms with Crippen molar-refractivity contribution in [2.45, 2.75) is 33.1 Å². The molecule has 0 saturated heterocycles. The highest BCUT2D eigenvalue weighted by Crippen LogP contribution is 2.29. The van der Waals surface area contributed by atoms with Gasteiger partial charge in [0.25, 0.3) is 0 Å². The molecule has 0 aliphatic rings. The Labute approximate surface area is 127 Å². The standard InChI is InChI=1S/C16H18N4O2/c1-9(2)12-6-13-11(7-22-14(13)4-10(12)3)5-15(21)19-16-17-8-18-20-16/h4,6-9H,5H2,1-3H3,(H2,17,18,19,20,21). The van der Waals surface area contributed by atoms with E-state index in [0.717, 1.165) is 16.5 Å². The number of rotatable bonds is 4. The molecule has 0 fully saturated rings. The zero-order valence-electron chi connectivity index (χ0n) is 12.8. The van der Waals surface area contributed by atoms with Crippen molar-refractivity contribution in [1.82, 2.24) is 15.2 Å². The van der Waals surface area contributed by atoms with Gasteiger partial charge in [-0.1, -0.05) is 13.8 Å². The molecule has 3 rings (SSSR count). The van der Waals surface area contributed by atoms with Crippen molar-refractivity contribution in [3.8, 4) is 0 Å². The van der Waals surface area contributed by atoms with Crippen molar-refractivity contribution >= 4 is 22.8 Å². The molecule has 0 aliphatic carbocycles. The summed E-state index contributed by atoms with van der Waals surface area (Å²) in [7, 11) is 0. The molecule has 0 saturated carbocycles. The Bertz CT molecular complexity index is 803. The van der Waals surface area contributed by atoms with Gasteiger partial charge in [0.05, 0.1) is 12.7 Å². The Morgan fingerprint density at radius 3 is 2.91 bits per heavy atom. The van der Waals surface area contributed by atoms with E-state index in [1.807, 2.05) is 6.07 Å². The number of nitrogens with zero attached hydrogens (tertiary/aromatic N) is 2. The third kappa shape index (κ3) is 2.72. The number of benzene rings is 1. The summed E-state index contributed by atoms with van der Waals surface area (Å²) in [6.07, 6.45) is 3.23. The second-order valence-corrected chi connectivity index (χ2v) is 5.68. The maximum Gasteiger partial charge on any atom is 0.231 e. The first-order valence-corrected chi connectivity index (χ1v) is 7.20. The second kappa shape index (κ2) is 5.63. The van der Waals surface area contributed by atoms with Crippen LogP contribution in [0.3, 0.4) is 0 Å². The Morgan fingerprint density at radius 1 is 1.41 bits per heavy atom. The molecule has 0 unspecified atom stereocenters. The van der Waals surface area contributed by atoms with Crippen molar-refractivity contribution in [3.63, 3.8) is 0 Å². The molecular formula is C16H18N4O2. The Kier molecular flexibility index (Phi) is 3.66. The average Bonchev–Trinajstić information content (AvgIpc) is 3.08. The van der Waals surface area contributed by atoms with Gasteiger partial charge in [-0.05, 0) is 36.1 Å². The fourth-order valence-electron chi connectivity index (χ4n) is 2.62. The predicted octanol–water partition coefficient (Wildman–Crippen LogP) is 3.16. The number of amides is 1. The van der Waals surface area contributed by atoms with Crippen LogP contribution in [-0.4, -0.2) is 21.1 Å². The Morgan fingerprint density at radius 2 is 2.23 bits per heavy atom. The average molecular weight is 298 g/mol. The van der Waals surface area contributed by atoms with Gasteiger partial charge < -0.3 is 4.42 Å². The lowest BCUT2D eigenvalue weighted by Crippen LogP contribution is -2.15. The first-order valence-electron chi connectivity index (χ1n) is 7.20. The van der Waals surface area contributed by atoms with Crippen LogP contribution in [-0.2, 0) is 11.2 Å². The molecule has 3 aromatic rings. The molecule has 2 heterocycles. The quantitative estimate of drug-likeness (QED) is 0.775. The largest absolute Gasteiger partial charge is 0.464 e. The first-order chi connectivity index (χ1) is 10.5. The normalized spacial score (nSPS) is 11.3. The highest BCUT2D eigenvalue weighted by atomic mass is 16.3. The number of furan rings is 1. The fraction of sp³-hybridized carbons (Fsp3) is 0.312. The molecule has 0 bridgehead atoms. The summed E-state index contributed by atoms with van der Waals surface area (Å²) < 4.78 is 5.58. The van der Waals surface area contributed by atoms with Crippen LogP contribution < -0.4 is 5.32 Å². The van der Waals surface area contributed by atoms with Crippen LogP contribution in [0.4, 0.5) is 5.95 Å². The van der Waals surface area contributed by atoms with Crippen molar-refractivity contribution in [2.24, 2.45) is 0 Å². The highest BCUT2D eigenvalue weighted by Gasteiger charge is 2.14. The van der Waals surface area contributed by atoms with Crippen LogP contribution in [0.5, 0.6) is 0 Å². The van der Waals surface area contributed by atoms with Gasteiger partial charge in [0.1, 0.15) is 11.9 Å². The molecule has 6 heteroatoms. The lowest BCUT2D eigenvalue weighted by Gasteiger charge is -2.09. The van der Waals surface area contributed by atoms with E-state index in [0.29, 0.717) is 11.9 Å². The van der Waals surface area contributed by atoms with Crippen molar-refractivity contribution in [2.75, 3.05) is 5.32 Å². The van der Waals surface area contributed by atoms with Crippen LogP contribution in [0.1, 0.15) is 36.5 Å². The lowest BCUT2D eigenvalue weighted by molar-refractivity contribution is -0.115. The molecule has 1 aromatic carbocycles. The topological polar surface area (TPSA) is 83.8 Å². The van der Waals surface area contributed by atoms with E-state index in [1.165, 1.54) is 17.5 Å². The predicted molar refractivity (Wildman–Crippen MR) is 83.8 cm³/mol. The summed E-state index contributed by atoms with van der Waals surface area (Å²) in [4.78, 5) is 15.9. The number of aromatic nitrogens is 3. The Balaban J connectivity index is 1.87. The molecule has 0 aliphatic heterocycles. The summed E-state index contributed by atoms with van der Waals surface area (Å²) in [5, 5.41) is 9.95. The SMILES string of the molecule is Cc1cc2occ(CC(=O)Nc3ncn[nH]3)c2cc1C(C)C. The molecule has 114 valence electrons. The molecule has 22 heavy (non-hydrogen) atoms. The fourth-order valence-corrected chi connectivity index (χ4v) is 2.62. The smallest absolute Gasteiger partial charge is 0.231 e. The van der Waals surface area contributed by atoms with Gasteiger partial charge in [-0.25, -0.2) is 5.10 Å². The van der Waals surface area contributed by atoms with Crippen molar-refractivity contribution in [3.05, 3.63) is 41.4 Å². The van der Waals surface area contributed by atoms with Gasteiger partial charge >= 0.3 is 0 Å². The molecular weight excluding hydrogens is 280 g/mol. The minimum Gasteiger partial charge on any atom is -0.464 e. The summed E-state index contributed by atoms with van der Waals surface area (Å²) >= 11 is 0. The van der Waals surface area contributed by atoms with E-state index >= 15 is 0 Å². The summed E-state index contributed by atoms with van der Waals surface area (Å²) in [5.41, 5.74) is 4.15. The maximum absolute atomic E-state index is 12.1. The van der Waals surface area contributed by atoms with Crippen LogP contribution >= 0.6 is 0 Å². The van der Waals surface area contributed by atoms with Crippen LogP contribution in [0.25, 0.3) is 11.0 Å². The summed E-state index contributed by atoms with van der Waals surface area (Å²) in [6, 6.07) is 4.15. The monoisotopic (exact) mass is 298 g/mol. The number of fused-ring (bicyclic) bond motifs is 1. The number of hydrogen-bond donors (Lipinski definition) is 2. The number of aromatic amines is 1. The number of aryl methyl sites for hydroxylation is 1. The van der Waals surface area contributed by atoms with Gasteiger partial charge in [-0.15, -0.1) is 0 Å². The minimum absolute atomic E-state index is 0.161. The summed E-state index contributed by atoms with van der Waals surface area (Å²) in [5.74, 6) is 0.609. The van der Waals surface area contributed by atoms with Crippen LogP contribution in [0.15, 0.2) is 29.1 Å². The molecule has 0 atom stereocenters. The molecule has 0 radical (unpaired) electrons. The van der Waals surface area contributed by atoms with E-state index in [-0.39, 0.29) is 12.3 Å². The Hall–Kier alpha value is -2.63. The van der Waals surface area contributed by atoms with Gasteiger partial charge in [-0.3, -0.25) is 10.1 Å². The van der Waals surface area contributed by atoms with E-state index < -0.39 is 0 Å². The molecule has 1 amide bonds. The first kappa shape index (κ1) is 14.3. The third-order valence-electron chi connectivity index (χ3n) is 3.69. The molecule has 2 N–H and O–H groups in total. The van der Waals surface area contributed by atoms with E-state index in [2.05, 4.69) is 47.3 Å². The van der Waals surface area contributed by atoms with Gasteiger partial charge in [-0.2, -0.15) is 10.1 Å². The molecule has 0 spiro atoms. The van der Waals surface area contributed by atoms with E-state index in [9.17, 15) is 4.79 Å². The maximum atomic E-state index is 12.1. The zero-order valence-corrected chi connectivity index (χ0v) is 12.8. The highest BCUT2D eigenvalue weighted by molar-refractivity contribution is 5.94. The molecule has 2 aromatic heterocycles. The van der Waals surface area contributed by atoms with Gasteiger partial charge in [0.2, 0.25) is 11.9 Å². The van der Waals surface area contributed by atoms with Crippen molar-refractivity contribution < 1.29 is 9.21 Å². The van der Waals surface area contributed by atoms with Crippen molar-refractivity contribution in [1.29, 1.82) is 0 Å². The number of H-pyrrole nitrogens is 1. The zero-order chi connectivity index (χ0) is 15.7. The van der Waals surface area contributed by atoms with Crippen LogP contribution in [0, 0.1) is 6.92 Å². The van der Waals surface area contributed by atoms with E-state index in [1.54, 1.807) is 6.26 Å². The molecule has 6 nitrogen and oxygen atoms in total.